The van der Waals surface area contributed by atoms with Gasteiger partial charge in [0, 0.05) is 11.1 Å². The second-order valence-electron chi connectivity index (χ2n) is 5.88. The summed E-state index contributed by atoms with van der Waals surface area (Å²) in [6, 6.07) is 13.3. The Hall–Kier alpha value is -3.26. The molecule has 0 amide bonds. The molecule has 3 rings (SSSR count). The Morgan fingerprint density at radius 3 is 1.64 bits per heavy atom. The number of isothiocyanates is 1. The van der Waals surface area contributed by atoms with E-state index in [9.17, 15) is 17.6 Å². The number of aryl methyl sites for hydroxylation is 1. The van der Waals surface area contributed by atoms with Crippen LogP contribution in [0.2, 0.25) is 0 Å². The lowest BCUT2D eigenvalue weighted by Crippen LogP contribution is -2.00. The van der Waals surface area contributed by atoms with Gasteiger partial charge in [0.1, 0.15) is 0 Å². The smallest absolute Gasteiger partial charge is 0.189 e. The van der Waals surface area contributed by atoms with Crippen molar-refractivity contribution in [3.63, 3.8) is 0 Å². The zero-order chi connectivity index (χ0) is 20.3. The van der Waals surface area contributed by atoms with Crippen LogP contribution in [0.1, 0.15) is 16.7 Å². The van der Waals surface area contributed by atoms with E-state index in [1.165, 1.54) is 24.3 Å². The third-order valence-electron chi connectivity index (χ3n) is 3.97. The summed E-state index contributed by atoms with van der Waals surface area (Å²) in [5.41, 5.74) is 0.497. The molecule has 1 nitrogen and oxygen atoms in total. The van der Waals surface area contributed by atoms with E-state index in [0.29, 0.717) is 5.56 Å². The fourth-order valence-corrected chi connectivity index (χ4v) is 2.61. The van der Waals surface area contributed by atoms with Crippen molar-refractivity contribution >= 4 is 23.1 Å². The highest BCUT2D eigenvalue weighted by molar-refractivity contribution is 7.78. The predicted molar refractivity (Wildman–Crippen MR) is 104 cm³/mol. The molecular weight excluding hydrogens is 386 g/mol. The molecule has 0 atom stereocenters. The molecule has 0 saturated carbocycles. The standard InChI is InChI=1S/C22H11F4NS/c1-13-2-4-14(5-3-13)6-7-15-8-10-16(11-9-15)17-18(23)20(25)22(27-12-28)21(26)19(17)24/h2-5,8-11H,1H3. The van der Waals surface area contributed by atoms with E-state index in [1.807, 2.05) is 31.2 Å². The average Bonchev–Trinajstić information content (AvgIpc) is 2.70. The number of nitrogens with zero attached hydrogens (tertiary/aromatic N) is 1. The summed E-state index contributed by atoms with van der Waals surface area (Å²) >= 11 is 4.24. The first-order valence-corrected chi connectivity index (χ1v) is 8.46. The molecule has 0 spiro atoms. The highest BCUT2D eigenvalue weighted by atomic mass is 32.1. The summed E-state index contributed by atoms with van der Waals surface area (Å²) in [5, 5.41) is 1.70. The highest BCUT2D eigenvalue weighted by Crippen LogP contribution is 2.35. The fraction of sp³-hybridized carbons (Fsp3) is 0.0455. The summed E-state index contributed by atoms with van der Waals surface area (Å²) in [7, 11) is 0. The van der Waals surface area contributed by atoms with Crippen molar-refractivity contribution in [3.8, 4) is 23.0 Å². The zero-order valence-corrected chi connectivity index (χ0v) is 15.3. The lowest BCUT2D eigenvalue weighted by molar-refractivity contribution is 0.462. The monoisotopic (exact) mass is 397 g/mol. The Labute approximate surface area is 164 Å². The minimum absolute atomic E-state index is 0.0356. The van der Waals surface area contributed by atoms with Gasteiger partial charge in [-0.25, -0.2) is 17.6 Å². The molecule has 0 fully saturated rings. The maximum Gasteiger partial charge on any atom is 0.189 e. The van der Waals surface area contributed by atoms with Crippen LogP contribution in [0.3, 0.4) is 0 Å². The van der Waals surface area contributed by atoms with E-state index in [0.717, 1.165) is 11.1 Å². The fourth-order valence-electron chi connectivity index (χ4n) is 2.52. The van der Waals surface area contributed by atoms with E-state index in [2.05, 4.69) is 29.1 Å². The molecule has 0 radical (unpaired) electrons. The van der Waals surface area contributed by atoms with Gasteiger partial charge in [-0.1, -0.05) is 41.7 Å². The van der Waals surface area contributed by atoms with Crippen molar-refractivity contribution in [2.75, 3.05) is 0 Å². The molecule has 0 aliphatic rings. The van der Waals surface area contributed by atoms with Crippen molar-refractivity contribution in [1.82, 2.24) is 0 Å². The third kappa shape index (κ3) is 3.86. The average molecular weight is 397 g/mol. The van der Waals surface area contributed by atoms with Crippen molar-refractivity contribution in [2.45, 2.75) is 6.92 Å². The first-order chi connectivity index (χ1) is 13.4. The van der Waals surface area contributed by atoms with Crippen LogP contribution in [-0.2, 0) is 0 Å². The van der Waals surface area contributed by atoms with Crippen LogP contribution in [-0.4, -0.2) is 5.16 Å². The van der Waals surface area contributed by atoms with E-state index >= 15 is 0 Å². The number of hydrogen-bond acceptors (Lipinski definition) is 2. The topological polar surface area (TPSA) is 12.4 Å². The Balaban J connectivity index is 1.99. The van der Waals surface area contributed by atoms with Crippen LogP contribution in [0.4, 0.5) is 23.2 Å². The van der Waals surface area contributed by atoms with E-state index in [4.69, 9.17) is 0 Å². The number of hydrogen-bond donors (Lipinski definition) is 0. The molecule has 6 heteroatoms. The molecule has 28 heavy (non-hydrogen) atoms. The van der Waals surface area contributed by atoms with Gasteiger partial charge >= 0.3 is 0 Å². The van der Waals surface area contributed by atoms with Crippen LogP contribution in [0.25, 0.3) is 11.1 Å². The third-order valence-corrected chi connectivity index (χ3v) is 4.07. The number of thiocarbonyl (C=S) groups is 1. The summed E-state index contributed by atoms with van der Waals surface area (Å²) in [5.74, 6) is -0.490. The van der Waals surface area contributed by atoms with Crippen LogP contribution in [0, 0.1) is 42.0 Å². The first-order valence-electron chi connectivity index (χ1n) is 8.05. The van der Waals surface area contributed by atoms with Crippen molar-refractivity contribution in [2.24, 2.45) is 4.99 Å². The van der Waals surface area contributed by atoms with Crippen molar-refractivity contribution in [1.29, 1.82) is 0 Å². The zero-order valence-electron chi connectivity index (χ0n) is 14.5. The molecule has 0 heterocycles. The van der Waals surface area contributed by atoms with Crippen LogP contribution < -0.4 is 0 Å². The van der Waals surface area contributed by atoms with Crippen LogP contribution in [0.5, 0.6) is 0 Å². The van der Waals surface area contributed by atoms with Crippen molar-refractivity contribution < 1.29 is 17.6 Å². The SMILES string of the molecule is Cc1ccc(C#Cc2ccc(-c3c(F)c(F)c(N=C=S)c(F)c3F)cc2)cc1. The van der Waals surface area contributed by atoms with Gasteiger partial charge in [0.15, 0.2) is 29.0 Å². The normalized spacial score (nSPS) is 10.0. The van der Waals surface area contributed by atoms with Gasteiger partial charge in [-0.2, -0.15) is 4.99 Å². The van der Waals surface area contributed by atoms with Gasteiger partial charge in [0.05, 0.1) is 10.7 Å². The molecule has 0 saturated heterocycles. The minimum atomic E-state index is -1.63. The van der Waals surface area contributed by atoms with Gasteiger partial charge in [-0.3, -0.25) is 0 Å². The molecule has 0 unspecified atom stereocenters. The Bertz CT molecular complexity index is 1120. The van der Waals surface area contributed by atoms with E-state index in [1.54, 1.807) is 5.16 Å². The summed E-state index contributed by atoms with van der Waals surface area (Å²) < 4.78 is 56.6. The lowest BCUT2D eigenvalue weighted by Gasteiger charge is -2.09. The second kappa shape index (κ2) is 8.18. The minimum Gasteiger partial charge on any atom is -0.203 e. The number of aliphatic imine (C=N–C) groups is 1. The maximum absolute atomic E-state index is 14.3. The highest BCUT2D eigenvalue weighted by Gasteiger charge is 2.26. The van der Waals surface area contributed by atoms with Gasteiger partial charge in [0.2, 0.25) is 0 Å². The largest absolute Gasteiger partial charge is 0.203 e. The molecule has 0 aromatic heterocycles. The number of benzene rings is 3. The molecule has 3 aromatic carbocycles. The van der Waals surface area contributed by atoms with Gasteiger partial charge in [0.25, 0.3) is 0 Å². The molecule has 3 aromatic rings. The van der Waals surface area contributed by atoms with Gasteiger partial charge in [-0.15, -0.1) is 0 Å². The Morgan fingerprint density at radius 1 is 0.714 bits per heavy atom. The molecule has 0 bridgehead atoms. The Kier molecular flexibility index (Phi) is 5.70. The molecule has 0 N–H and O–H groups in total. The van der Waals surface area contributed by atoms with Crippen LogP contribution in [0.15, 0.2) is 53.5 Å². The van der Waals surface area contributed by atoms with Gasteiger partial charge < -0.3 is 0 Å². The summed E-state index contributed by atoms with van der Waals surface area (Å²) in [4.78, 5) is 3.05. The Morgan fingerprint density at radius 2 is 1.18 bits per heavy atom. The van der Waals surface area contributed by atoms with Crippen molar-refractivity contribution in [3.05, 3.63) is 88.5 Å². The second-order valence-corrected chi connectivity index (χ2v) is 6.06. The maximum atomic E-state index is 14.3. The van der Waals surface area contributed by atoms with E-state index < -0.39 is 34.5 Å². The van der Waals surface area contributed by atoms with E-state index in [-0.39, 0.29) is 5.56 Å². The molecule has 0 aliphatic carbocycles. The first kappa shape index (κ1) is 19.5. The summed E-state index contributed by atoms with van der Waals surface area (Å²) in [6.45, 7) is 1.97. The lowest BCUT2D eigenvalue weighted by atomic mass is 10.0. The number of rotatable bonds is 2. The number of halogens is 4. The van der Waals surface area contributed by atoms with Crippen LogP contribution >= 0.6 is 12.2 Å². The predicted octanol–water partition coefficient (Wildman–Crippen LogP) is 6.35. The molecular formula is C22H11F4NS. The van der Waals surface area contributed by atoms with Gasteiger partial charge in [-0.05, 0) is 49.0 Å². The summed E-state index contributed by atoms with van der Waals surface area (Å²) in [6.07, 6.45) is 0. The molecule has 138 valence electrons. The quantitative estimate of drug-likeness (QED) is 0.161. The molecule has 0 aliphatic heterocycles.